The van der Waals surface area contributed by atoms with E-state index in [9.17, 15) is 13.6 Å². The molecule has 0 saturated carbocycles. The summed E-state index contributed by atoms with van der Waals surface area (Å²) < 4.78 is 30.6. The van der Waals surface area contributed by atoms with Gasteiger partial charge < -0.3 is 14.6 Å². The van der Waals surface area contributed by atoms with Crippen molar-refractivity contribution in [3.8, 4) is 5.75 Å². The van der Waals surface area contributed by atoms with Gasteiger partial charge in [-0.05, 0) is 36.8 Å². The van der Waals surface area contributed by atoms with Gasteiger partial charge in [-0.2, -0.15) is 8.78 Å². The first-order chi connectivity index (χ1) is 13.1. The summed E-state index contributed by atoms with van der Waals surface area (Å²) in [7, 11) is 0. The molecular formula is C19H19F2N3O2S. The van der Waals surface area contributed by atoms with E-state index >= 15 is 0 Å². The van der Waals surface area contributed by atoms with Crippen LogP contribution in [0.4, 0.5) is 8.78 Å². The van der Waals surface area contributed by atoms with E-state index in [4.69, 9.17) is 0 Å². The number of carbonyl (C=O) groups excluding carboxylic acids is 1. The number of nitrogens with zero attached hydrogens (tertiary/aromatic N) is 2. The highest BCUT2D eigenvalue weighted by atomic mass is 32.2. The first kappa shape index (κ1) is 19.2. The van der Waals surface area contributed by atoms with E-state index in [-0.39, 0.29) is 17.4 Å². The van der Waals surface area contributed by atoms with Crippen LogP contribution in [0.1, 0.15) is 12.5 Å². The number of aryl methyl sites for hydroxylation is 1. The molecule has 1 N–H and O–H groups in total. The quantitative estimate of drug-likeness (QED) is 0.588. The summed E-state index contributed by atoms with van der Waals surface area (Å²) in [5.74, 6) is 0.215. The lowest BCUT2D eigenvalue weighted by Crippen LogP contribution is -2.24. The van der Waals surface area contributed by atoms with Crippen LogP contribution in [0.25, 0.3) is 11.0 Å². The molecule has 0 saturated heterocycles. The van der Waals surface area contributed by atoms with Crippen LogP contribution in [0, 0.1) is 0 Å². The Bertz CT molecular complexity index is 913. The largest absolute Gasteiger partial charge is 0.435 e. The molecule has 2 aromatic carbocycles. The molecule has 1 aromatic heterocycles. The fourth-order valence-corrected chi connectivity index (χ4v) is 3.55. The molecule has 142 valence electrons. The Morgan fingerprint density at radius 2 is 1.96 bits per heavy atom. The van der Waals surface area contributed by atoms with Gasteiger partial charge >= 0.3 is 6.61 Å². The molecule has 0 bridgehead atoms. The summed E-state index contributed by atoms with van der Waals surface area (Å²) >= 11 is 1.39. The number of nitrogens with one attached hydrogen (secondary N) is 1. The second-order valence-corrected chi connectivity index (χ2v) is 6.66. The molecule has 0 aliphatic heterocycles. The highest BCUT2D eigenvalue weighted by Crippen LogP contribution is 2.23. The Hall–Kier alpha value is -2.61. The predicted molar refractivity (Wildman–Crippen MR) is 101 cm³/mol. The average molecular weight is 391 g/mol. The second kappa shape index (κ2) is 8.85. The molecule has 8 heteroatoms. The number of alkyl halides is 2. The van der Waals surface area contributed by atoms with Gasteiger partial charge in [-0.1, -0.05) is 36.0 Å². The third kappa shape index (κ3) is 4.97. The van der Waals surface area contributed by atoms with Gasteiger partial charge in [0.05, 0.1) is 16.8 Å². The summed E-state index contributed by atoms with van der Waals surface area (Å²) in [5.41, 5.74) is 2.76. The van der Waals surface area contributed by atoms with E-state index in [0.717, 1.165) is 28.3 Å². The Labute approximate surface area is 159 Å². The van der Waals surface area contributed by atoms with Gasteiger partial charge in [-0.15, -0.1) is 0 Å². The number of thioether (sulfide) groups is 1. The van der Waals surface area contributed by atoms with E-state index in [1.54, 1.807) is 12.1 Å². The summed E-state index contributed by atoms with van der Waals surface area (Å²) in [5, 5.41) is 3.62. The molecule has 3 rings (SSSR count). The van der Waals surface area contributed by atoms with Crippen LogP contribution in [0.2, 0.25) is 0 Å². The first-order valence-electron chi connectivity index (χ1n) is 8.45. The van der Waals surface area contributed by atoms with Crippen molar-refractivity contribution < 1.29 is 18.3 Å². The average Bonchev–Trinajstić information content (AvgIpc) is 3.03. The van der Waals surface area contributed by atoms with Gasteiger partial charge in [-0.3, -0.25) is 4.79 Å². The zero-order valence-corrected chi connectivity index (χ0v) is 15.5. The second-order valence-electron chi connectivity index (χ2n) is 5.72. The number of fused-ring (bicyclic) bond motifs is 1. The van der Waals surface area contributed by atoms with Gasteiger partial charge in [0.2, 0.25) is 5.91 Å². The molecule has 0 fully saturated rings. The lowest BCUT2D eigenvalue weighted by atomic mass is 10.2. The van der Waals surface area contributed by atoms with Crippen LogP contribution in [-0.4, -0.2) is 27.8 Å². The van der Waals surface area contributed by atoms with Crippen LogP contribution in [-0.2, 0) is 17.9 Å². The first-order valence-corrected chi connectivity index (χ1v) is 9.44. The maximum absolute atomic E-state index is 12.1. The third-order valence-electron chi connectivity index (χ3n) is 3.91. The summed E-state index contributed by atoms with van der Waals surface area (Å²) in [6.45, 7) is 0.287. The van der Waals surface area contributed by atoms with E-state index in [0.29, 0.717) is 6.54 Å². The zero-order chi connectivity index (χ0) is 19.2. The third-order valence-corrected chi connectivity index (χ3v) is 4.88. The predicted octanol–water partition coefficient (Wildman–Crippen LogP) is 4.07. The molecule has 1 amide bonds. The maximum atomic E-state index is 12.1. The fraction of sp³-hybridized carbons (Fsp3) is 0.263. The smallest absolute Gasteiger partial charge is 0.387 e. The Kier molecular flexibility index (Phi) is 6.28. The summed E-state index contributed by atoms with van der Waals surface area (Å²) in [6.07, 6.45) is 0. The summed E-state index contributed by atoms with van der Waals surface area (Å²) in [6, 6.07) is 14.1. The van der Waals surface area contributed by atoms with E-state index in [2.05, 4.69) is 19.6 Å². The fourth-order valence-electron chi connectivity index (χ4n) is 2.64. The summed E-state index contributed by atoms with van der Waals surface area (Å²) in [4.78, 5) is 16.7. The molecule has 0 radical (unpaired) electrons. The molecular weight excluding hydrogens is 372 g/mol. The van der Waals surface area contributed by atoms with Crippen LogP contribution in [0.5, 0.6) is 5.75 Å². The molecule has 27 heavy (non-hydrogen) atoms. The maximum Gasteiger partial charge on any atom is 0.387 e. The van der Waals surface area contributed by atoms with Crippen LogP contribution < -0.4 is 10.1 Å². The van der Waals surface area contributed by atoms with Crippen molar-refractivity contribution in [2.24, 2.45) is 0 Å². The van der Waals surface area contributed by atoms with Crippen LogP contribution >= 0.6 is 11.8 Å². The molecule has 0 aliphatic rings. The van der Waals surface area contributed by atoms with Crippen LogP contribution in [0.15, 0.2) is 53.7 Å². The minimum Gasteiger partial charge on any atom is -0.435 e. The Morgan fingerprint density at radius 1 is 1.22 bits per heavy atom. The van der Waals surface area contributed by atoms with E-state index in [1.807, 2.05) is 31.2 Å². The van der Waals surface area contributed by atoms with Crippen molar-refractivity contribution >= 4 is 28.7 Å². The lowest BCUT2D eigenvalue weighted by molar-refractivity contribution is -0.118. The number of carbonyl (C=O) groups is 1. The topological polar surface area (TPSA) is 56.2 Å². The molecule has 0 aliphatic carbocycles. The number of hydrogen-bond acceptors (Lipinski definition) is 4. The van der Waals surface area contributed by atoms with Crippen molar-refractivity contribution in [2.75, 3.05) is 5.75 Å². The van der Waals surface area contributed by atoms with Crippen molar-refractivity contribution in [3.05, 3.63) is 54.1 Å². The van der Waals surface area contributed by atoms with Gasteiger partial charge in [0.25, 0.3) is 0 Å². The van der Waals surface area contributed by atoms with Gasteiger partial charge in [0, 0.05) is 13.1 Å². The van der Waals surface area contributed by atoms with Crippen molar-refractivity contribution in [1.82, 2.24) is 14.9 Å². The zero-order valence-electron chi connectivity index (χ0n) is 14.7. The van der Waals surface area contributed by atoms with E-state index in [1.165, 1.54) is 23.9 Å². The SMILES string of the molecule is CCn1c(SCC(=O)NCc2ccc(OC(F)F)cc2)nc2ccccc21. The molecule has 1 heterocycles. The lowest BCUT2D eigenvalue weighted by Gasteiger charge is -2.08. The van der Waals surface area contributed by atoms with Crippen molar-refractivity contribution in [1.29, 1.82) is 0 Å². The van der Waals surface area contributed by atoms with Crippen molar-refractivity contribution in [3.63, 3.8) is 0 Å². The molecule has 0 atom stereocenters. The van der Waals surface area contributed by atoms with Crippen LogP contribution in [0.3, 0.4) is 0 Å². The Morgan fingerprint density at radius 3 is 2.67 bits per heavy atom. The number of para-hydroxylation sites is 2. The molecule has 5 nitrogen and oxygen atoms in total. The number of imidazole rings is 1. The number of hydrogen-bond donors (Lipinski definition) is 1. The minimum absolute atomic E-state index is 0.0918. The van der Waals surface area contributed by atoms with E-state index < -0.39 is 6.61 Å². The molecule has 0 unspecified atom stereocenters. The normalized spacial score (nSPS) is 11.1. The van der Waals surface area contributed by atoms with Gasteiger partial charge in [0.1, 0.15) is 5.75 Å². The number of ether oxygens (including phenoxy) is 1. The standard InChI is InChI=1S/C19H19F2N3O2S/c1-2-24-16-6-4-3-5-15(16)23-19(24)27-12-17(25)22-11-13-7-9-14(10-8-13)26-18(20)21/h3-10,18H,2,11-12H2,1H3,(H,22,25). The highest BCUT2D eigenvalue weighted by molar-refractivity contribution is 7.99. The molecule has 0 spiro atoms. The van der Waals surface area contributed by atoms with Gasteiger partial charge in [0.15, 0.2) is 5.16 Å². The number of benzene rings is 2. The number of aromatic nitrogens is 2. The van der Waals surface area contributed by atoms with Crippen molar-refractivity contribution in [2.45, 2.75) is 31.8 Å². The van der Waals surface area contributed by atoms with Gasteiger partial charge in [-0.25, -0.2) is 4.98 Å². The molecule has 3 aromatic rings. The Balaban J connectivity index is 1.53. The number of halogens is 2. The monoisotopic (exact) mass is 391 g/mol. The highest BCUT2D eigenvalue weighted by Gasteiger charge is 2.11. The number of amides is 1. The minimum atomic E-state index is -2.85. The number of rotatable bonds is 8.